The van der Waals surface area contributed by atoms with E-state index in [1.54, 1.807) is 0 Å². The van der Waals surface area contributed by atoms with Crippen LogP contribution < -0.4 is 4.74 Å². The number of nitrogens with zero attached hydrogens (tertiary/aromatic N) is 3. The Hall–Kier alpha value is -2.61. The van der Waals surface area contributed by atoms with Crippen LogP contribution in [0.1, 0.15) is 31.9 Å². The third kappa shape index (κ3) is 4.53. The maximum atomic E-state index is 11.9. The summed E-state index contributed by atoms with van der Waals surface area (Å²) in [6.07, 6.45) is 7.05. The van der Waals surface area contributed by atoms with E-state index in [9.17, 15) is 8.42 Å². The van der Waals surface area contributed by atoms with Crippen molar-refractivity contribution in [2.45, 2.75) is 32.3 Å². The van der Waals surface area contributed by atoms with E-state index >= 15 is 0 Å². The second-order valence-electron chi connectivity index (χ2n) is 7.49. The molecule has 1 saturated carbocycles. The summed E-state index contributed by atoms with van der Waals surface area (Å²) in [4.78, 5) is 6.17. The first kappa shape index (κ1) is 19.7. The highest BCUT2D eigenvalue weighted by molar-refractivity contribution is 7.91. The molecule has 1 saturated heterocycles. The van der Waals surface area contributed by atoms with E-state index in [4.69, 9.17) is 4.74 Å². The number of fused-ring (bicyclic) bond motifs is 1. The van der Waals surface area contributed by atoms with Crippen LogP contribution in [0.4, 0.5) is 0 Å². The van der Waals surface area contributed by atoms with Crippen molar-refractivity contribution in [3.8, 4) is 5.75 Å². The molecule has 0 amide bonds. The Morgan fingerprint density at radius 3 is 2.90 bits per heavy atom. The van der Waals surface area contributed by atoms with Crippen LogP contribution in [0.3, 0.4) is 0 Å². The zero-order chi connectivity index (χ0) is 20.4. The molecular formula is C21H26N4O3S. The zero-order valence-electron chi connectivity index (χ0n) is 16.6. The molecule has 0 radical (unpaired) electrons. The van der Waals surface area contributed by atoms with Gasteiger partial charge in [-0.2, -0.15) is 5.10 Å². The number of aromatic nitrogens is 2. The average Bonchev–Trinajstić information content (AvgIpc) is 3.45. The van der Waals surface area contributed by atoms with Crippen molar-refractivity contribution in [2.24, 2.45) is 4.99 Å². The number of aromatic amines is 1. The fourth-order valence-electron chi connectivity index (χ4n) is 3.50. The van der Waals surface area contributed by atoms with Crippen molar-refractivity contribution < 1.29 is 13.2 Å². The summed E-state index contributed by atoms with van der Waals surface area (Å²) in [5, 5.41) is 8.56. The molecule has 154 valence electrons. The van der Waals surface area contributed by atoms with E-state index in [-0.39, 0.29) is 11.5 Å². The molecule has 2 heterocycles. The molecule has 1 N–H and O–H groups in total. The third-order valence-electron chi connectivity index (χ3n) is 5.27. The van der Waals surface area contributed by atoms with E-state index in [1.165, 1.54) is 0 Å². The van der Waals surface area contributed by atoms with Gasteiger partial charge in [0.1, 0.15) is 11.6 Å². The van der Waals surface area contributed by atoms with Gasteiger partial charge in [-0.05, 0) is 57.2 Å². The van der Waals surface area contributed by atoms with Crippen LogP contribution in [0.15, 0.2) is 41.2 Å². The number of sulfone groups is 1. The van der Waals surface area contributed by atoms with Crippen molar-refractivity contribution in [2.75, 3.05) is 24.6 Å². The van der Waals surface area contributed by atoms with Crippen LogP contribution in [-0.4, -0.2) is 60.9 Å². The second-order valence-corrected chi connectivity index (χ2v) is 9.80. The smallest absolute Gasteiger partial charge is 0.152 e. The highest BCUT2D eigenvalue weighted by atomic mass is 32.2. The first-order valence-electron chi connectivity index (χ1n) is 9.94. The van der Waals surface area contributed by atoms with Crippen molar-refractivity contribution in [3.05, 3.63) is 41.9 Å². The zero-order valence-corrected chi connectivity index (χ0v) is 17.4. The number of aliphatic imine (C=N–C) groups is 1. The number of nitrogens with one attached hydrogen (secondary N) is 1. The molecule has 0 atom stereocenters. The fourth-order valence-corrected chi connectivity index (χ4v) is 4.77. The van der Waals surface area contributed by atoms with Crippen molar-refractivity contribution >= 4 is 33.0 Å². The van der Waals surface area contributed by atoms with Crippen LogP contribution in [0.5, 0.6) is 5.75 Å². The van der Waals surface area contributed by atoms with Gasteiger partial charge >= 0.3 is 0 Å². The van der Waals surface area contributed by atoms with E-state index in [1.807, 2.05) is 42.2 Å². The molecule has 0 unspecified atom stereocenters. The fraction of sp³-hybridized carbons (Fsp3) is 0.429. The van der Waals surface area contributed by atoms with Crippen LogP contribution >= 0.6 is 0 Å². The normalized spacial score (nSPS) is 20.5. The molecule has 1 aromatic carbocycles. The number of allylic oxidation sites excluding steroid dienone is 3. The molecule has 2 aliphatic rings. The van der Waals surface area contributed by atoms with Gasteiger partial charge in [0.05, 0.1) is 28.8 Å². The van der Waals surface area contributed by atoms with E-state index in [2.05, 4.69) is 21.9 Å². The van der Waals surface area contributed by atoms with Crippen LogP contribution in [0, 0.1) is 0 Å². The Balaban J connectivity index is 1.64. The topological polar surface area (TPSA) is 87.7 Å². The summed E-state index contributed by atoms with van der Waals surface area (Å²) in [5.41, 5.74) is 2.64. The number of ether oxygens (including phenoxy) is 1. The first-order chi connectivity index (χ1) is 14.0. The molecule has 8 heteroatoms. The van der Waals surface area contributed by atoms with Gasteiger partial charge in [0.25, 0.3) is 0 Å². The molecule has 29 heavy (non-hydrogen) atoms. The Labute approximate surface area is 171 Å². The molecule has 1 aromatic heterocycles. The SMILES string of the molecule is C=N/C(=C\C(=C/C)c1n[nH]c2ccc(OC3CC3)cc12)N1CCCS(=O)(=O)CC1. The van der Waals surface area contributed by atoms with Gasteiger partial charge in [-0.25, -0.2) is 13.4 Å². The second kappa shape index (κ2) is 8.02. The van der Waals surface area contributed by atoms with E-state index < -0.39 is 9.84 Å². The Morgan fingerprint density at radius 1 is 1.34 bits per heavy atom. The standard InChI is InChI=1S/C21H26N4O3S/c1-3-15(13-20(22-2)25-9-4-11-29(26,27)12-10-25)21-18-14-17(28-16-5-6-16)7-8-19(18)23-24-21/h3,7-8,13-14,16H,2,4-6,9-12H2,1H3,(H,23,24)/b15-3+,20-13+. The van der Waals surface area contributed by atoms with Crippen LogP contribution in [-0.2, 0) is 9.84 Å². The van der Waals surface area contributed by atoms with E-state index in [0.717, 1.165) is 40.8 Å². The van der Waals surface area contributed by atoms with Gasteiger partial charge in [0.2, 0.25) is 0 Å². The summed E-state index contributed by atoms with van der Waals surface area (Å²) >= 11 is 0. The van der Waals surface area contributed by atoms with Crippen LogP contribution in [0.25, 0.3) is 16.5 Å². The Bertz CT molecular complexity index is 1080. The van der Waals surface area contributed by atoms with Gasteiger partial charge in [-0.1, -0.05) is 6.08 Å². The lowest BCUT2D eigenvalue weighted by Gasteiger charge is -2.22. The van der Waals surface area contributed by atoms with Crippen LogP contribution in [0.2, 0.25) is 0 Å². The van der Waals surface area contributed by atoms with Crippen molar-refractivity contribution in [3.63, 3.8) is 0 Å². The van der Waals surface area contributed by atoms with Gasteiger partial charge in [-0.15, -0.1) is 0 Å². The Morgan fingerprint density at radius 2 is 2.17 bits per heavy atom. The maximum absolute atomic E-state index is 11.9. The summed E-state index contributed by atoms with van der Waals surface area (Å²) in [6.45, 7) is 6.71. The molecular weight excluding hydrogens is 388 g/mol. The molecule has 2 fully saturated rings. The summed E-state index contributed by atoms with van der Waals surface area (Å²) in [5.74, 6) is 1.87. The predicted molar refractivity (Wildman–Crippen MR) is 116 cm³/mol. The highest BCUT2D eigenvalue weighted by Gasteiger charge is 2.24. The molecule has 1 aliphatic heterocycles. The molecule has 4 rings (SSSR count). The lowest BCUT2D eigenvalue weighted by Crippen LogP contribution is -2.25. The van der Waals surface area contributed by atoms with Gasteiger partial charge in [-0.3, -0.25) is 5.10 Å². The number of H-pyrrole nitrogens is 1. The summed E-state index contributed by atoms with van der Waals surface area (Å²) in [6, 6.07) is 5.96. The highest BCUT2D eigenvalue weighted by Crippen LogP contribution is 2.32. The minimum Gasteiger partial charge on any atom is -0.490 e. The Kier molecular flexibility index (Phi) is 5.45. The lowest BCUT2D eigenvalue weighted by atomic mass is 10.1. The maximum Gasteiger partial charge on any atom is 0.152 e. The van der Waals surface area contributed by atoms with E-state index in [0.29, 0.717) is 31.4 Å². The predicted octanol–water partition coefficient (Wildman–Crippen LogP) is 3.17. The third-order valence-corrected chi connectivity index (χ3v) is 6.99. The largest absolute Gasteiger partial charge is 0.490 e. The van der Waals surface area contributed by atoms with Crippen molar-refractivity contribution in [1.82, 2.24) is 15.1 Å². The molecule has 1 aliphatic carbocycles. The minimum absolute atomic E-state index is 0.137. The monoisotopic (exact) mass is 414 g/mol. The molecule has 0 bridgehead atoms. The molecule has 7 nitrogen and oxygen atoms in total. The molecule has 0 spiro atoms. The number of hydrogen-bond donors (Lipinski definition) is 1. The van der Waals surface area contributed by atoms with Crippen molar-refractivity contribution in [1.29, 1.82) is 0 Å². The summed E-state index contributed by atoms with van der Waals surface area (Å²) < 4.78 is 29.8. The quantitative estimate of drug-likeness (QED) is 0.579. The first-order valence-corrected chi connectivity index (χ1v) is 11.8. The minimum atomic E-state index is -2.99. The van der Waals surface area contributed by atoms with Gasteiger partial charge in [0, 0.05) is 24.0 Å². The number of rotatable bonds is 6. The summed E-state index contributed by atoms with van der Waals surface area (Å²) in [7, 11) is -2.99. The molecule has 2 aromatic rings. The number of hydrogen-bond acceptors (Lipinski definition) is 6. The van der Waals surface area contributed by atoms with Gasteiger partial charge in [0.15, 0.2) is 9.84 Å². The lowest BCUT2D eigenvalue weighted by molar-refractivity contribution is 0.303. The van der Waals surface area contributed by atoms with Gasteiger partial charge < -0.3 is 9.64 Å². The number of benzene rings is 1. The average molecular weight is 415 g/mol.